The van der Waals surface area contributed by atoms with E-state index in [2.05, 4.69) is 41.0 Å². The van der Waals surface area contributed by atoms with Crippen LogP contribution in [0.3, 0.4) is 0 Å². The van der Waals surface area contributed by atoms with Crippen molar-refractivity contribution in [3.63, 3.8) is 0 Å². The molecule has 2 aliphatic carbocycles. The molecule has 0 atom stereocenters. The molecule has 0 saturated heterocycles. The van der Waals surface area contributed by atoms with Gasteiger partial charge < -0.3 is 14.5 Å². The van der Waals surface area contributed by atoms with Gasteiger partial charge in [0.25, 0.3) is 0 Å². The van der Waals surface area contributed by atoms with Crippen molar-refractivity contribution in [2.75, 3.05) is 23.4 Å². The smallest absolute Gasteiger partial charge is 0.137 e. The van der Waals surface area contributed by atoms with Crippen molar-refractivity contribution in [3.8, 4) is 17.3 Å². The van der Waals surface area contributed by atoms with Crippen molar-refractivity contribution in [2.45, 2.75) is 76.9 Å². The van der Waals surface area contributed by atoms with Crippen LogP contribution in [0, 0.1) is 13.7 Å². The predicted molar refractivity (Wildman–Crippen MR) is 199 cm³/mol. The molecule has 0 bridgehead atoms. The first-order valence-corrected chi connectivity index (χ1v) is 17.2. The molecule has 242 valence electrons. The molecule has 0 amide bonds. The van der Waals surface area contributed by atoms with Crippen LogP contribution in [0.4, 0.5) is 17.1 Å². The van der Waals surface area contributed by atoms with Crippen molar-refractivity contribution in [3.05, 3.63) is 113 Å². The first-order valence-electron chi connectivity index (χ1n) is 21.7. The fourth-order valence-electron chi connectivity index (χ4n) is 8.31. The van der Waals surface area contributed by atoms with Gasteiger partial charge in [0.2, 0.25) is 0 Å². The second-order valence-corrected chi connectivity index (χ2v) is 13.7. The molecule has 2 fully saturated rings. The monoisotopic (exact) mass is 641 g/mol. The third kappa shape index (κ3) is 5.03. The molecule has 0 unspecified atom stereocenters. The highest BCUT2D eigenvalue weighted by Gasteiger charge is 2.28. The van der Waals surface area contributed by atoms with Crippen LogP contribution in [0.25, 0.3) is 27.6 Å². The van der Waals surface area contributed by atoms with E-state index in [9.17, 15) is 0 Å². The summed E-state index contributed by atoms with van der Waals surface area (Å²) in [6.45, 7) is -8.27. The molecule has 5 nitrogen and oxygen atoms in total. The topological polar surface area (TPSA) is 33.5 Å². The molecule has 48 heavy (non-hydrogen) atoms. The molecule has 4 aromatic carbocycles. The SMILES string of the molecule is [2H]C([2H])([2H])c1cc2c(cc1C([2H])([2H])[2H])N(C([2H])([2H])[2H])CN2c1cc(Oc2ccc3c4ccccc4n(-c4cc(C5CCCC5)ccn4)c3c2)cc(C2CCCC2)c1. The molecule has 6 aromatic rings. The average molecular weight is 642 g/mol. The number of benzene rings is 4. The van der Waals surface area contributed by atoms with E-state index in [1.165, 1.54) is 43.4 Å². The Hall–Kier alpha value is -4.77. The minimum absolute atomic E-state index is 0.136. The Morgan fingerprint density at radius 1 is 0.688 bits per heavy atom. The van der Waals surface area contributed by atoms with E-state index in [-0.39, 0.29) is 29.4 Å². The number of nitrogens with zero attached hydrogens (tertiary/aromatic N) is 4. The maximum atomic E-state index is 8.37. The minimum atomic E-state index is -2.77. The second kappa shape index (κ2) is 11.7. The van der Waals surface area contributed by atoms with Crippen molar-refractivity contribution >= 4 is 38.9 Å². The van der Waals surface area contributed by atoms with Gasteiger partial charge in [-0.2, -0.15) is 0 Å². The molecule has 2 saturated carbocycles. The molecule has 3 heterocycles. The zero-order valence-electron chi connectivity index (χ0n) is 35.9. The number of ether oxygens (including phenoxy) is 1. The van der Waals surface area contributed by atoms with Crippen LogP contribution in [-0.2, 0) is 0 Å². The predicted octanol–water partition coefficient (Wildman–Crippen LogP) is 11.4. The minimum Gasteiger partial charge on any atom is -0.457 e. The van der Waals surface area contributed by atoms with Gasteiger partial charge in [0.1, 0.15) is 17.3 Å². The summed E-state index contributed by atoms with van der Waals surface area (Å²) in [5, 5.41) is 2.19. The van der Waals surface area contributed by atoms with Gasteiger partial charge in [0, 0.05) is 54.1 Å². The van der Waals surface area contributed by atoms with Crippen LogP contribution < -0.4 is 14.5 Å². The Bertz CT molecular complexity index is 2490. The lowest BCUT2D eigenvalue weighted by Crippen LogP contribution is -2.24. The van der Waals surface area contributed by atoms with E-state index in [4.69, 9.17) is 22.1 Å². The fraction of sp³-hybridized carbons (Fsp3) is 0.326. The quantitative estimate of drug-likeness (QED) is 0.181. The zero-order chi connectivity index (χ0) is 39.9. The van der Waals surface area contributed by atoms with E-state index >= 15 is 0 Å². The fourth-order valence-corrected chi connectivity index (χ4v) is 8.31. The summed E-state index contributed by atoms with van der Waals surface area (Å²) in [6, 6.07) is 27.3. The van der Waals surface area contributed by atoms with Crippen molar-refractivity contribution in [1.82, 2.24) is 9.55 Å². The van der Waals surface area contributed by atoms with Gasteiger partial charge in [-0.25, -0.2) is 4.98 Å². The molecule has 1 aliphatic heterocycles. The van der Waals surface area contributed by atoms with E-state index in [1.807, 2.05) is 42.6 Å². The summed E-state index contributed by atoms with van der Waals surface area (Å²) < 4.78 is 83.2. The Morgan fingerprint density at radius 3 is 2.23 bits per heavy atom. The van der Waals surface area contributed by atoms with E-state index in [0.29, 0.717) is 28.8 Å². The lowest BCUT2D eigenvalue weighted by molar-refractivity contribution is 0.481. The third-order valence-electron chi connectivity index (χ3n) is 10.7. The Morgan fingerprint density at radius 2 is 1.44 bits per heavy atom. The van der Waals surface area contributed by atoms with Gasteiger partial charge >= 0.3 is 0 Å². The molecule has 0 radical (unpaired) electrons. The van der Waals surface area contributed by atoms with Crippen LogP contribution in [0.1, 0.15) is 97.8 Å². The lowest BCUT2D eigenvalue weighted by atomic mass is 9.96. The molecule has 0 spiro atoms. The van der Waals surface area contributed by atoms with Crippen LogP contribution in [0.2, 0.25) is 0 Å². The van der Waals surface area contributed by atoms with Crippen LogP contribution in [-0.4, -0.2) is 23.2 Å². The van der Waals surface area contributed by atoms with Crippen molar-refractivity contribution < 1.29 is 17.1 Å². The number of anilines is 3. The number of rotatable bonds is 6. The number of aromatic nitrogens is 2. The standard InChI is InChI=1S/C43H44N4O/c1-28-20-41-42(21-29(28)2)46(27-45(41)3)34-22-33(31-12-6-7-13-31)23-36(25-34)48-35-16-17-38-37-14-8-9-15-39(37)47(40(38)26-35)43-24-32(18-19-44-43)30-10-4-5-11-30/h8-9,14-26,30-31H,4-7,10-13,27H2,1-3H3/i1D3,2D3,3D3. The summed E-state index contributed by atoms with van der Waals surface area (Å²) in [4.78, 5) is 7.78. The first kappa shape index (κ1) is 21.3. The maximum Gasteiger partial charge on any atom is 0.137 e. The second-order valence-electron chi connectivity index (χ2n) is 13.7. The van der Waals surface area contributed by atoms with E-state index < -0.39 is 20.7 Å². The van der Waals surface area contributed by atoms with Crippen LogP contribution >= 0.6 is 0 Å². The third-order valence-corrected chi connectivity index (χ3v) is 10.7. The Labute approximate surface area is 296 Å². The number of fused-ring (bicyclic) bond motifs is 4. The molecule has 5 heteroatoms. The highest BCUT2D eigenvalue weighted by Crippen LogP contribution is 2.45. The van der Waals surface area contributed by atoms with E-state index in [0.717, 1.165) is 63.8 Å². The Kier molecular flexibility index (Phi) is 5.19. The maximum absolute atomic E-state index is 8.37. The number of aryl methyl sites for hydroxylation is 2. The van der Waals surface area contributed by atoms with Gasteiger partial charge in [-0.1, -0.05) is 43.9 Å². The Balaban J connectivity index is 1.16. The highest BCUT2D eigenvalue weighted by atomic mass is 16.5. The van der Waals surface area contributed by atoms with Gasteiger partial charge in [0.05, 0.1) is 29.1 Å². The van der Waals surface area contributed by atoms with Gasteiger partial charge in [-0.05, 0) is 128 Å². The summed E-state index contributed by atoms with van der Waals surface area (Å²) in [5.41, 5.74) is 4.76. The molecule has 9 rings (SSSR count). The van der Waals surface area contributed by atoms with E-state index in [1.54, 1.807) is 4.90 Å². The molecular weight excluding hydrogens is 589 g/mol. The summed E-state index contributed by atoms with van der Waals surface area (Å²) in [6.07, 6.45) is 11.0. The average Bonchev–Trinajstić information content (AvgIpc) is 3.99. The lowest BCUT2D eigenvalue weighted by Gasteiger charge is -2.23. The highest BCUT2D eigenvalue weighted by molar-refractivity contribution is 6.09. The van der Waals surface area contributed by atoms with Crippen molar-refractivity contribution in [1.29, 1.82) is 0 Å². The largest absolute Gasteiger partial charge is 0.457 e. The molecule has 3 aliphatic rings. The van der Waals surface area contributed by atoms with Gasteiger partial charge in [-0.15, -0.1) is 0 Å². The van der Waals surface area contributed by atoms with Crippen LogP contribution in [0.5, 0.6) is 11.5 Å². The van der Waals surface area contributed by atoms with Gasteiger partial charge in [0.15, 0.2) is 0 Å². The first-order chi connectivity index (χ1) is 27.1. The number of hydrogen-bond acceptors (Lipinski definition) is 4. The summed E-state index contributed by atoms with van der Waals surface area (Å²) >= 11 is 0. The molecule has 0 N–H and O–H groups in total. The van der Waals surface area contributed by atoms with Crippen molar-refractivity contribution in [2.24, 2.45) is 0 Å². The zero-order valence-corrected chi connectivity index (χ0v) is 26.9. The normalized spacial score (nSPS) is 20.5. The molecular formula is C43H44N4O. The number of hydrogen-bond donors (Lipinski definition) is 0. The molecule has 2 aromatic heterocycles. The number of para-hydroxylation sites is 1. The summed E-state index contributed by atoms with van der Waals surface area (Å²) in [5.74, 6) is 2.84. The van der Waals surface area contributed by atoms with Gasteiger partial charge in [-0.3, -0.25) is 4.57 Å². The van der Waals surface area contributed by atoms with Crippen LogP contribution in [0.15, 0.2) is 91.1 Å². The summed E-state index contributed by atoms with van der Waals surface area (Å²) in [7, 11) is 0. The number of pyridine rings is 1.